The third-order valence-corrected chi connectivity index (χ3v) is 2.90. The Hall–Kier alpha value is 1.31. The minimum Gasteiger partial charge on any atom is -0.748 e. The molecule has 70 valence electrons. The van der Waals surface area contributed by atoms with Crippen LogP contribution >= 0.6 is 11.8 Å². The van der Waals surface area contributed by atoms with Crippen molar-refractivity contribution in [2.24, 2.45) is 0 Å². The molecule has 0 rings (SSSR count). The fraction of sp³-hybridized carbons (Fsp3) is 0.500. The maximum absolute atomic E-state index is 10.8. The van der Waals surface area contributed by atoms with E-state index in [0.29, 0.717) is 5.57 Å². The van der Waals surface area contributed by atoms with Crippen LogP contribution in [0.15, 0.2) is 12.2 Å². The van der Waals surface area contributed by atoms with Gasteiger partial charge in [-0.3, -0.25) is 4.79 Å². The molecule has 0 fully saturated rings. The molecule has 0 aliphatic carbocycles. The summed E-state index contributed by atoms with van der Waals surface area (Å²) in [5.74, 6) is -0.520. The Kier molecular flexibility index (Phi) is 9.75. The first-order valence-electron chi connectivity index (χ1n) is 3.09. The molecule has 0 aliphatic rings. The van der Waals surface area contributed by atoms with Crippen molar-refractivity contribution < 1.29 is 69.1 Å². The van der Waals surface area contributed by atoms with Gasteiger partial charge < -0.3 is 4.55 Å². The third kappa shape index (κ3) is 11.2. The summed E-state index contributed by atoms with van der Waals surface area (Å²) in [6.07, 6.45) is 0. The summed E-state index contributed by atoms with van der Waals surface area (Å²) in [4.78, 5) is 10.8. The second kappa shape index (κ2) is 7.58. The van der Waals surface area contributed by atoms with Crippen LogP contribution in [0, 0.1) is 0 Å². The molecule has 0 N–H and O–H groups in total. The number of carbonyl (C=O) groups excluding carboxylic acids is 1. The summed E-state index contributed by atoms with van der Waals surface area (Å²) < 4.78 is 30.2. The van der Waals surface area contributed by atoms with Crippen molar-refractivity contribution in [3.63, 3.8) is 0 Å². The molecule has 7 heteroatoms. The van der Waals surface area contributed by atoms with Gasteiger partial charge in [-0.15, -0.1) is 0 Å². The minimum atomic E-state index is -4.20. The predicted octanol–water partition coefficient (Wildman–Crippen LogP) is -2.63. The average molecular weight is 248 g/mol. The second-order valence-corrected chi connectivity index (χ2v) is 4.77. The van der Waals surface area contributed by atoms with Crippen LogP contribution in [-0.4, -0.2) is 29.6 Å². The van der Waals surface area contributed by atoms with Crippen molar-refractivity contribution in [2.75, 3.05) is 11.5 Å². The van der Waals surface area contributed by atoms with Crippen LogP contribution in [0.2, 0.25) is 0 Å². The first-order valence-corrected chi connectivity index (χ1v) is 5.65. The zero-order chi connectivity index (χ0) is 9.78. The molecule has 13 heavy (non-hydrogen) atoms. The van der Waals surface area contributed by atoms with Gasteiger partial charge in [-0.05, 0) is 12.5 Å². The van der Waals surface area contributed by atoms with Gasteiger partial charge in [0.15, 0.2) is 0 Å². The number of thioether (sulfide) groups is 1. The van der Waals surface area contributed by atoms with Crippen LogP contribution in [0.3, 0.4) is 0 Å². The summed E-state index contributed by atoms with van der Waals surface area (Å²) in [5.41, 5.74) is 0.350. The predicted molar refractivity (Wildman–Crippen MR) is 46.8 cm³/mol. The van der Waals surface area contributed by atoms with Crippen molar-refractivity contribution in [3.8, 4) is 0 Å². The van der Waals surface area contributed by atoms with E-state index in [2.05, 4.69) is 6.58 Å². The zero-order valence-electron chi connectivity index (χ0n) is 7.57. The van der Waals surface area contributed by atoms with Crippen molar-refractivity contribution in [2.45, 2.75) is 6.92 Å². The SMILES string of the molecule is C=C(C)C(=O)SCCS(=O)(=O)[O-].[K+]. The molecule has 4 nitrogen and oxygen atoms in total. The monoisotopic (exact) mass is 248 g/mol. The molecule has 0 aromatic carbocycles. The molecule has 0 aliphatic heterocycles. The Morgan fingerprint density at radius 1 is 1.54 bits per heavy atom. The third-order valence-electron chi connectivity index (χ3n) is 0.915. The standard InChI is InChI=1S/C6H10O4S2.K/c1-5(2)6(7)11-3-4-12(8,9)10;/h1,3-4H2,2H3,(H,8,9,10);/q;+1/p-1. The van der Waals surface area contributed by atoms with Crippen LogP contribution in [-0.2, 0) is 14.9 Å². The maximum Gasteiger partial charge on any atom is 1.00 e. The zero-order valence-corrected chi connectivity index (χ0v) is 12.3. The van der Waals surface area contributed by atoms with Crippen molar-refractivity contribution in [1.29, 1.82) is 0 Å². The maximum atomic E-state index is 10.8. The Morgan fingerprint density at radius 2 is 2.00 bits per heavy atom. The van der Waals surface area contributed by atoms with Crippen LogP contribution in [0.4, 0.5) is 0 Å². The van der Waals surface area contributed by atoms with E-state index in [4.69, 9.17) is 0 Å². The molecule has 0 saturated carbocycles. The molecule has 0 aromatic heterocycles. The van der Waals surface area contributed by atoms with E-state index in [1.165, 1.54) is 6.92 Å². The molecule has 0 radical (unpaired) electrons. The fourth-order valence-electron chi connectivity index (χ4n) is 0.360. The van der Waals surface area contributed by atoms with Crippen LogP contribution in [0.5, 0.6) is 0 Å². The Balaban J connectivity index is 0. The topological polar surface area (TPSA) is 74.3 Å². The summed E-state index contributed by atoms with van der Waals surface area (Å²) in [7, 11) is -4.20. The smallest absolute Gasteiger partial charge is 0.748 e. The van der Waals surface area contributed by atoms with Gasteiger partial charge in [0, 0.05) is 11.5 Å². The Labute approximate surface area is 125 Å². The quantitative estimate of drug-likeness (QED) is 0.309. The molecule has 0 amide bonds. The first-order chi connectivity index (χ1) is 5.33. The molecule has 0 saturated heterocycles. The number of hydrogen-bond acceptors (Lipinski definition) is 5. The Bertz CT molecular complexity index is 283. The van der Waals surface area contributed by atoms with Gasteiger partial charge in [-0.2, -0.15) is 0 Å². The molecular formula is C6H9KO4S2. The van der Waals surface area contributed by atoms with Gasteiger partial charge in [-0.25, -0.2) is 8.42 Å². The Morgan fingerprint density at radius 3 is 2.31 bits per heavy atom. The van der Waals surface area contributed by atoms with Crippen molar-refractivity contribution >= 4 is 27.0 Å². The summed E-state index contributed by atoms with van der Waals surface area (Å²) >= 11 is 0.794. The van der Waals surface area contributed by atoms with Gasteiger partial charge in [0.25, 0.3) is 0 Å². The van der Waals surface area contributed by atoms with Crippen molar-refractivity contribution in [3.05, 3.63) is 12.2 Å². The molecule has 0 atom stereocenters. The van der Waals surface area contributed by atoms with Gasteiger partial charge in [0.1, 0.15) is 0 Å². The van der Waals surface area contributed by atoms with E-state index >= 15 is 0 Å². The van der Waals surface area contributed by atoms with E-state index < -0.39 is 15.9 Å². The van der Waals surface area contributed by atoms with E-state index in [1.807, 2.05) is 0 Å². The van der Waals surface area contributed by atoms with E-state index in [9.17, 15) is 17.8 Å². The first kappa shape index (κ1) is 16.7. The van der Waals surface area contributed by atoms with Crippen LogP contribution in [0.25, 0.3) is 0 Å². The average Bonchev–Trinajstić information content (AvgIpc) is 1.84. The molecule has 0 heterocycles. The van der Waals surface area contributed by atoms with Crippen LogP contribution in [0.1, 0.15) is 6.92 Å². The number of rotatable bonds is 4. The van der Waals surface area contributed by atoms with Gasteiger partial charge in [-0.1, -0.05) is 18.3 Å². The number of hydrogen-bond donors (Lipinski definition) is 0. The van der Waals surface area contributed by atoms with E-state index in [0.717, 1.165) is 11.8 Å². The van der Waals surface area contributed by atoms with Crippen molar-refractivity contribution in [1.82, 2.24) is 0 Å². The van der Waals surface area contributed by atoms with E-state index in [1.54, 1.807) is 0 Å². The summed E-state index contributed by atoms with van der Waals surface area (Å²) in [5, 5.41) is -0.279. The second-order valence-electron chi connectivity index (χ2n) is 2.18. The van der Waals surface area contributed by atoms with Gasteiger partial charge >= 0.3 is 51.4 Å². The summed E-state index contributed by atoms with van der Waals surface area (Å²) in [6, 6.07) is 0. The molecule has 0 bridgehead atoms. The van der Waals surface area contributed by atoms with E-state index in [-0.39, 0.29) is 62.3 Å². The molecule has 0 aromatic rings. The number of carbonyl (C=O) groups is 1. The van der Waals surface area contributed by atoms with Gasteiger partial charge in [0.05, 0.1) is 10.1 Å². The largest absolute Gasteiger partial charge is 1.00 e. The molecule has 0 unspecified atom stereocenters. The molecule has 0 spiro atoms. The van der Waals surface area contributed by atoms with Gasteiger partial charge in [0.2, 0.25) is 5.12 Å². The molecular weight excluding hydrogens is 239 g/mol. The minimum absolute atomic E-state index is 0. The fourth-order valence-corrected chi connectivity index (χ4v) is 1.94. The summed E-state index contributed by atoms with van der Waals surface area (Å²) in [6.45, 7) is 4.90. The van der Waals surface area contributed by atoms with Crippen LogP contribution < -0.4 is 51.4 Å². The normalized spacial score (nSPS) is 10.3.